The average Bonchev–Trinajstić information content (AvgIpc) is 2.91. The summed E-state index contributed by atoms with van der Waals surface area (Å²) in [6.07, 6.45) is 5.31. The Hall–Kier alpha value is -1.88. The summed E-state index contributed by atoms with van der Waals surface area (Å²) >= 11 is 6.07. The molecule has 0 bridgehead atoms. The summed E-state index contributed by atoms with van der Waals surface area (Å²) in [5.74, 6) is 0.259. The second kappa shape index (κ2) is 7.34. The van der Waals surface area contributed by atoms with Crippen molar-refractivity contribution in [2.45, 2.75) is 45.6 Å². The van der Waals surface area contributed by atoms with E-state index in [1.165, 1.54) is 12.5 Å². The molecule has 4 nitrogen and oxygen atoms in total. The number of hydrogen-bond donors (Lipinski definition) is 1. The highest BCUT2D eigenvalue weighted by molar-refractivity contribution is 6.31. The van der Waals surface area contributed by atoms with Crippen molar-refractivity contribution >= 4 is 23.3 Å². The molecule has 1 saturated carbocycles. The molecule has 1 N–H and O–H groups in total. The van der Waals surface area contributed by atoms with Crippen molar-refractivity contribution in [2.75, 3.05) is 5.32 Å². The Balaban J connectivity index is 1.72. The zero-order valence-corrected chi connectivity index (χ0v) is 14.4. The van der Waals surface area contributed by atoms with Crippen molar-refractivity contribution in [1.82, 2.24) is 9.78 Å². The van der Waals surface area contributed by atoms with E-state index >= 15 is 0 Å². The maximum absolute atomic E-state index is 13.9. The Kier molecular flexibility index (Phi) is 5.19. The molecular formula is C18H21ClFN3O. The lowest BCUT2D eigenvalue weighted by atomic mass is 9.89. The van der Waals surface area contributed by atoms with Crippen LogP contribution in [0.3, 0.4) is 0 Å². The van der Waals surface area contributed by atoms with Gasteiger partial charge in [-0.2, -0.15) is 5.10 Å². The number of aryl methyl sites for hydroxylation is 1. The minimum atomic E-state index is -0.356. The van der Waals surface area contributed by atoms with Crippen LogP contribution in [0.25, 0.3) is 0 Å². The monoisotopic (exact) mass is 349 g/mol. The van der Waals surface area contributed by atoms with E-state index in [4.69, 9.17) is 11.6 Å². The summed E-state index contributed by atoms with van der Waals surface area (Å²) in [4.78, 5) is 12.3. The van der Waals surface area contributed by atoms with Gasteiger partial charge in [-0.1, -0.05) is 36.9 Å². The average molecular weight is 350 g/mol. The molecule has 1 fully saturated rings. The minimum Gasteiger partial charge on any atom is -0.309 e. The number of hydrogen-bond acceptors (Lipinski definition) is 2. The lowest BCUT2D eigenvalue weighted by Gasteiger charge is -2.19. The number of aromatic nitrogens is 2. The van der Waals surface area contributed by atoms with Gasteiger partial charge in [-0.3, -0.25) is 9.48 Å². The van der Waals surface area contributed by atoms with Gasteiger partial charge < -0.3 is 5.32 Å². The molecule has 0 unspecified atom stereocenters. The van der Waals surface area contributed by atoms with E-state index < -0.39 is 0 Å². The van der Waals surface area contributed by atoms with Gasteiger partial charge in [0, 0.05) is 28.3 Å². The van der Waals surface area contributed by atoms with Gasteiger partial charge in [0.1, 0.15) is 5.82 Å². The van der Waals surface area contributed by atoms with Crippen LogP contribution in [0.5, 0.6) is 0 Å². The fraction of sp³-hybridized carbons (Fsp3) is 0.444. The van der Waals surface area contributed by atoms with Gasteiger partial charge in [0.2, 0.25) is 5.91 Å². The predicted molar refractivity (Wildman–Crippen MR) is 92.7 cm³/mol. The molecule has 0 spiro atoms. The standard InChI is InChI=1S/C18H21ClFN3O/c1-12-10-17(21-18(24)13-6-3-2-4-7-13)22-23(12)11-14-15(19)8-5-9-16(14)20/h5,8-10,13H,2-4,6-7,11H2,1H3,(H,21,22,24). The Bertz CT molecular complexity index is 718. The first-order valence-corrected chi connectivity index (χ1v) is 8.70. The topological polar surface area (TPSA) is 46.9 Å². The molecule has 24 heavy (non-hydrogen) atoms. The third-order valence-corrected chi connectivity index (χ3v) is 4.93. The molecule has 1 amide bonds. The number of anilines is 1. The molecule has 0 aliphatic heterocycles. The van der Waals surface area contributed by atoms with Crippen LogP contribution in [-0.4, -0.2) is 15.7 Å². The van der Waals surface area contributed by atoms with E-state index in [1.54, 1.807) is 22.9 Å². The molecule has 6 heteroatoms. The molecule has 0 atom stereocenters. The lowest BCUT2D eigenvalue weighted by molar-refractivity contribution is -0.120. The number of nitrogens with one attached hydrogen (secondary N) is 1. The number of rotatable bonds is 4. The van der Waals surface area contributed by atoms with Crippen molar-refractivity contribution in [1.29, 1.82) is 0 Å². The normalized spacial score (nSPS) is 15.5. The summed E-state index contributed by atoms with van der Waals surface area (Å²) in [7, 11) is 0. The van der Waals surface area contributed by atoms with Crippen molar-refractivity contribution in [3.63, 3.8) is 0 Å². The number of carbonyl (C=O) groups is 1. The maximum atomic E-state index is 13.9. The maximum Gasteiger partial charge on any atom is 0.228 e. The zero-order chi connectivity index (χ0) is 17.1. The molecule has 3 rings (SSSR count). The highest BCUT2D eigenvalue weighted by Gasteiger charge is 2.22. The second-order valence-electron chi connectivity index (χ2n) is 6.35. The van der Waals surface area contributed by atoms with Crippen molar-refractivity contribution in [3.05, 3.63) is 46.4 Å². The lowest BCUT2D eigenvalue weighted by Crippen LogP contribution is -2.25. The summed E-state index contributed by atoms with van der Waals surface area (Å²) < 4.78 is 15.6. The first-order valence-electron chi connectivity index (χ1n) is 8.33. The van der Waals surface area contributed by atoms with Crippen LogP contribution in [0, 0.1) is 18.7 Å². The minimum absolute atomic E-state index is 0.0308. The Morgan fingerprint density at radius 2 is 2.12 bits per heavy atom. The first kappa shape index (κ1) is 17.0. The van der Waals surface area contributed by atoms with Gasteiger partial charge in [0.05, 0.1) is 6.54 Å². The van der Waals surface area contributed by atoms with Crippen LogP contribution < -0.4 is 5.32 Å². The van der Waals surface area contributed by atoms with E-state index in [0.717, 1.165) is 31.4 Å². The SMILES string of the molecule is Cc1cc(NC(=O)C2CCCCC2)nn1Cc1c(F)cccc1Cl. The van der Waals surface area contributed by atoms with Crippen LogP contribution in [0.15, 0.2) is 24.3 Å². The smallest absolute Gasteiger partial charge is 0.228 e. The molecule has 0 radical (unpaired) electrons. The molecular weight excluding hydrogens is 329 g/mol. The third-order valence-electron chi connectivity index (χ3n) is 4.58. The molecule has 128 valence electrons. The zero-order valence-electron chi connectivity index (χ0n) is 13.7. The molecule has 1 heterocycles. The Morgan fingerprint density at radius 3 is 2.83 bits per heavy atom. The van der Waals surface area contributed by atoms with Crippen LogP contribution in [0.4, 0.5) is 10.2 Å². The van der Waals surface area contributed by atoms with Gasteiger partial charge in [-0.05, 0) is 31.9 Å². The molecule has 0 saturated heterocycles. The summed E-state index contributed by atoms with van der Waals surface area (Å²) in [5.41, 5.74) is 1.24. The van der Waals surface area contributed by atoms with Gasteiger partial charge in [0.25, 0.3) is 0 Å². The summed E-state index contributed by atoms with van der Waals surface area (Å²) in [6.45, 7) is 2.11. The van der Waals surface area contributed by atoms with Gasteiger partial charge in [-0.15, -0.1) is 0 Å². The first-order chi connectivity index (χ1) is 11.5. The molecule has 2 aromatic rings. The van der Waals surface area contributed by atoms with Crippen LogP contribution >= 0.6 is 11.6 Å². The number of benzene rings is 1. The van der Waals surface area contributed by atoms with Crippen molar-refractivity contribution < 1.29 is 9.18 Å². The highest BCUT2D eigenvalue weighted by Crippen LogP contribution is 2.25. The van der Waals surface area contributed by atoms with Crippen LogP contribution in [0.1, 0.15) is 43.4 Å². The quantitative estimate of drug-likeness (QED) is 0.880. The Morgan fingerprint density at radius 1 is 1.38 bits per heavy atom. The van der Waals surface area contributed by atoms with Crippen LogP contribution in [0.2, 0.25) is 5.02 Å². The fourth-order valence-corrected chi connectivity index (χ4v) is 3.38. The fourth-order valence-electron chi connectivity index (χ4n) is 3.16. The number of nitrogens with zero attached hydrogens (tertiary/aromatic N) is 2. The summed E-state index contributed by atoms with van der Waals surface area (Å²) in [6, 6.07) is 6.42. The van der Waals surface area contributed by atoms with Gasteiger partial charge in [-0.25, -0.2) is 4.39 Å². The van der Waals surface area contributed by atoms with Gasteiger partial charge in [0.15, 0.2) is 5.82 Å². The number of halogens is 2. The summed E-state index contributed by atoms with van der Waals surface area (Å²) in [5, 5.41) is 7.64. The number of carbonyl (C=O) groups excluding carboxylic acids is 1. The largest absolute Gasteiger partial charge is 0.309 e. The second-order valence-corrected chi connectivity index (χ2v) is 6.76. The molecule has 1 aliphatic carbocycles. The van der Waals surface area contributed by atoms with Crippen LogP contribution in [-0.2, 0) is 11.3 Å². The van der Waals surface area contributed by atoms with E-state index in [1.807, 2.05) is 6.92 Å². The highest BCUT2D eigenvalue weighted by atomic mass is 35.5. The van der Waals surface area contributed by atoms with Gasteiger partial charge >= 0.3 is 0 Å². The predicted octanol–water partition coefficient (Wildman–Crippen LogP) is 4.55. The van der Waals surface area contributed by atoms with E-state index in [0.29, 0.717) is 16.4 Å². The van der Waals surface area contributed by atoms with E-state index in [-0.39, 0.29) is 24.2 Å². The van der Waals surface area contributed by atoms with Crippen molar-refractivity contribution in [3.8, 4) is 0 Å². The molecule has 1 aromatic heterocycles. The third kappa shape index (κ3) is 3.78. The Labute approximate surface area is 146 Å². The van der Waals surface area contributed by atoms with E-state index in [2.05, 4.69) is 10.4 Å². The molecule has 1 aliphatic rings. The molecule has 1 aromatic carbocycles. The van der Waals surface area contributed by atoms with E-state index in [9.17, 15) is 9.18 Å². The van der Waals surface area contributed by atoms with Crippen molar-refractivity contribution in [2.24, 2.45) is 5.92 Å². The number of amides is 1.